The lowest BCUT2D eigenvalue weighted by Crippen LogP contribution is -2.56. The van der Waals surface area contributed by atoms with Gasteiger partial charge in [-0.15, -0.1) is 0 Å². The van der Waals surface area contributed by atoms with Gasteiger partial charge in [0, 0.05) is 18.0 Å². The number of amides is 1. The first-order valence-corrected chi connectivity index (χ1v) is 9.41. The van der Waals surface area contributed by atoms with Crippen LogP contribution in [0.15, 0.2) is 18.2 Å². The molecular weight excluding hydrogens is 334 g/mol. The fourth-order valence-electron chi connectivity index (χ4n) is 4.55. The van der Waals surface area contributed by atoms with E-state index in [2.05, 4.69) is 0 Å². The van der Waals surface area contributed by atoms with Crippen molar-refractivity contribution in [3.63, 3.8) is 0 Å². The highest BCUT2D eigenvalue weighted by Gasteiger charge is 2.51. The molecule has 26 heavy (non-hydrogen) atoms. The molecule has 1 heterocycles. The topological polar surface area (TPSA) is 68.2 Å². The molecule has 1 saturated carbocycles. The number of fused-ring (bicyclic) bond motifs is 1. The Labute approximate surface area is 155 Å². The Balaban J connectivity index is 2.08. The molecule has 2 aliphatic rings. The number of aliphatic hydroxyl groups is 1. The third kappa shape index (κ3) is 3.34. The molecule has 3 atom stereocenters. The zero-order valence-electron chi connectivity index (χ0n) is 15.9. The van der Waals surface area contributed by atoms with Gasteiger partial charge < -0.3 is 24.2 Å². The van der Waals surface area contributed by atoms with Crippen molar-refractivity contribution in [2.75, 3.05) is 27.4 Å². The Hall–Kier alpha value is -1.95. The Kier molecular flexibility index (Phi) is 5.61. The maximum Gasteiger partial charge on any atom is 0.410 e. The molecule has 0 unspecified atom stereocenters. The number of piperidine rings is 1. The van der Waals surface area contributed by atoms with Crippen LogP contribution in [-0.2, 0) is 4.74 Å². The third-order valence-corrected chi connectivity index (χ3v) is 5.83. The predicted molar refractivity (Wildman–Crippen MR) is 97.5 cm³/mol. The lowest BCUT2D eigenvalue weighted by atomic mass is 9.66. The van der Waals surface area contributed by atoms with Gasteiger partial charge >= 0.3 is 6.09 Å². The number of ether oxygens (including phenoxy) is 3. The summed E-state index contributed by atoms with van der Waals surface area (Å²) >= 11 is 0. The van der Waals surface area contributed by atoms with E-state index in [1.165, 1.54) is 0 Å². The molecule has 6 heteroatoms. The number of nitrogens with zero attached hydrogens (tertiary/aromatic N) is 1. The SMILES string of the molecule is CCOC(=O)N1CC[C@]2(O)CCCC[C@@H]2[C@@H]1c1cc(OC)ccc1OC. The van der Waals surface area contributed by atoms with E-state index in [1.54, 1.807) is 26.0 Å². The van der Waals surface area contributed by atoms with Gasteiger partial charge in [-0.25, -0.2) is 4.79 Å². The average molecular weight is 363 g/mol. The van der Waals surface area contributed by atoms with E-state index in [4.69, 9.17) is 14.2 Å². The van der Waals surface area contributed by atoms with Crippen LogP contribution in [0.4, 0.5) is 4.79 Å². The molecule has 1 saturated heterocycles. The summed E-state index contributed by atoms with van der Waals surface area (Å²) in [5, 5.41) is 11.3. The van der Waals surface area contributed by atoms with Gasteiger partial charge in [-0.1, -0.05) is 12.8 Å². The van der Waals surface area contributed by atoms with Crippen LogP contribution >= 0.6 is 0 Å². The third-order valence-electron chi connectivity index (χ3n) is 5.83. The van der Waals surface area contributed by atoms with Crippen molar-refractivity contribution in [1.29, 1.82) is 0 Å². The van der Waals surface area contributed by atoms with E-state index in [9.17, 15) is 9.90 Å². The second-order valence-electron chi connectivity index (χ2n) is 7.15. The zero-order chi connectivity index (χ0) is 18.7. The van der Waals surface area contributed by atoms with Gasteiger partial charge in [0.05, 0.1) is 32.5 Å². The first-order chi connectivity index (χ1) is 12.5. The molecule has 1 amide bonds. The van der Waals surface area contributed by atoms with Crippen molar-refractivity contribution in [1.82, 2.24) is 4.90 Å². The summed E-state index contributed by atoms with van der Waals surface area (Å²) in [4.78, 5) is 14.4. The molecule has 144 valence electrons. The minimum Gasteiger partial charge on any atom is -0.497 e. The number of hydrogen-bond acceptors (Lipinski definition) is 5. The van der Waals surface area contributed by atoms with E-state index in [0.29, 0.717) is 31.1 Å². The van der Waals surface area contributed by atoms with Crippen LogP contribution in [0.25, 0.3) is 0 Å². The Bertz CT molecular complexity index is 649. The van der Waals surface area contributed by atoms with Crippen LogP contribution in [0.5, 0.6) is 11.5 Å². The van der Waals surface area contributed by atoms with Crippen LogP contribution in [-0.4, -0.2) is 49.1 Å². The van der Waals surface area contributed by atoms with E-state index in [-0.39, 0.29) is 18.1 Å². The van der Waals surface area contributed by atoms with Crippen LogP contribution in [0.3, 0.4) is 0 Å². The second kappa shape index (κ2) is 7.74. The Morgan fingerprint density at radius 3 is 2.77 bits per heavy atom. The number of carbonyl (C=O) groups excluding carboxylic acids is 1. The molecule has 1 aliphatic carbocycles. The van der Waals surface area contributed by atoms with Crippen LogP contribution < -0.4 is 9.47 Å². The quantitative estimate of drug-likeness (QED) is 0.886. The maximum atomic E-state index is 12.7. The highest BCUT2D eigenvalue weighted by atomic mass is 16.6. The predicted octanol–water partition coefficient (Wildman–Crippen LogP) is 3.53. The number of rotatable bonds is 4. The van der Waals surface area contributed by atoms with E-state index in [1.807, 2.05) is 18.2 Å². The van der Waals surface area contributed by atoms with Gasteiger partial charge in [0.1, 0.15) is 11.5 Å². The van der Waals surface area contributed by atoms with Crippen LogP contribution in [0, 0.1) is 5.92 Å². The fraction of sp³-hybridized carbons (Fsp3) is 0.650. The normalized spacial score (nSPS) is 28.2. The number of benzene rings is 1. The monoisotopic (exact) mass is 363 g/mol. The summed E-state index contributed by atoms with van der Waals surface area (Å²) in [6, 6.07) is 5.31. The molecule has 0 radical (unpaired) electrons. The van der Waals surface area contributed by atoms with Crippen molar-refractivity contribution < 1.29 is 24.1 Å². The molecule has 0 bridgehead atoms. The average Bonchev–Trinajstić information content (AvgIpc) is 2.66. The number of carbonyl (C=O) groups is 1. The summed E-state index contributed by atoms with van der Waals surface area (Å²) in [5.41, 5.74) is 0.116. The highest BCUT2D eigenvalue weighted by Crippen LogP contribution is 2.51. The van der Waals surface area contributed by atoms with Gasteiger partial charge in [0.25, 0.3) is 0 Å². The highest BCUT2D eigenvalue weighted by molar-refractivity contribution is 5.69. The summed E-state index contributed by atoms with van der Waals surface area (Å²) in [6.45, 7) is 2.60. The van der Waals surface area contributed by atoms with Gasteiger partial charge in [0.2, 0.25) is 0 Å². The van der Waals surface area contributed by atoms with Gasteiger partial charge in [-0.05, 0) is 44.4 Å². The van der Waals surface area contributed by atoms with Crippen molar-refractivity contribution in [3.8, 4) is 11.5 Å². The van der Waals surface area contributed by atoms with Gasteiger partial charge in [-0.3, -0.25) is 0 Å². The van der Waals surface area contributed by atoms with Crippen LogP contribution in [0.1, 0.15) is 50.6 Å². The van der Waals surface area contributed by atoms with Crippen molar-refractivity contribution in [3.05, 3.63) is 23.8 Å². The smallest absolute Gasteiger partial charge is 0.410 e. The summed E-state index contributed by atoms with van der Waals surface area (Å²) in [6.07, 6.45) is 3.96. The minimum absolute atomic E-state index is 0.0459. The summed E-state index contributed by atoms with van der Waals surface area (Å²) in [7, 11) is 3.24. The fourth-order valence-corrected chi connectivity index (χ4v) is 4.55. The Morgan fingerprint density at radius 2 is 2.08 bits per heavy atom. The van der Waals surface area contributed by atoms with E-state index in [0.717, 1.165) is 31.2 Å². The lowest BCUT2D eigenvalue weighted by molar-refractivity contribution is -0.118. The summed E-state index contributed by atoms with van der Waals surface area (Å²) in [5.74, 6) is 1.35. The minimum atomic E-state index is -0.750. The number of methoxy groups -OCH3 is 2. The van der Waals surface area contributed by atoms with Crippen molar-refractivity contribution in [2.45, 2.75) is 50.7 Å². The van der Waals surface area contributed by atoms with Crippen molar-refractivity contribution in [2.24, 2.45) is 5.92 Å². The number of likely N-dealkylation sites (tertiary alicyclic amines) is 1. The molecule has 6 nitrogen and oxygen atoms in total. The zero-order valence-corrected chi connectivity index (χ0v) is 15.9. The first-order valence-electron chi connectivity index (χ1n) is 9.41. The van der Waals surface area contributed by atoms with E-state index < -0.39 is 5.60 Å². The molecule has 1 aromatic carbocycles. The Morgan fingerprint density at radius 1 is 1.27 bits per heavy atom. The first kappa shape index (κ1) is 18.8. The number of hydrogen-bond donors (Lipinski definition) is 1. The standard InChI is InChI=1S/C20H29NO5/c1-4-26-19(22)21-12-11-20(23)10-6-5-7-16(20)18(21)15-13-14(24-2)8-9-17(15)25-3/h8-9,13,16,18,23H,4-7,10-12H2,1-3H3/t16-,18+,20-/m1/s1. The molecule has 1 aliphatic heterocycles. The maximum absolute atomic E-state index is 12.7. The molecule has 0 spiro atoms. The van der Waals surface area contributed by atoms with Gasteiger partial charge in [0.15, 0.2) is 0 Å². The second-order valence-corrected chi connectivity index (χ2v) is 7.15. The van der Waals surface area contributed by atoms with Crippen LogP contribution in [0.2, 0.25) is 0 Å². The molecule has 0 aromatic heterocycles. The molecule has 2 fully saturated rings. The largest absolute Gasteiger partial charge is 0.497 e. The molecule has 3 rings (SSSR count). The van der Waals surface area contributed by atoms with Gasteiger partial charge in [-0.2, -0.15) is 0 Å². The molecule has 1 aromatic rings. The van der Waals surface area contributed by atoms with E-state index >= 15 is 0 Å². The summed E-state index contributed by atoms with van der Waals surface area (Å²) < 4.78 is 16.3. The molecular formula is C20H29NO5. The van der Waals surface area contributed by atoms with Crippen molar-refractivity contribution >= 4 is 6.09 Å². The molecule has 1 N–H and O–H groups in total. The lowest BCUT2D eigenvalue weighted by Gasteiger charge is -2.52.